The van der Waals surface area contributed by atoms with Crippen LogP contribution in [-0.2, 0) is 6.54 Å². The van der Waals surface area contributed by atoms with Crippen molar-refractivity contribution in [1.82, 2.24) is 15.2 Å². The number of hydrazone groups is 1. The van der Waals surface area contributed by atoms with Gasteiger partial charge in [0.2, 0.25) is 0 Å². The van der Waals surface area contributed by atoms with E-state index in [9.17, 15) is 20.0 Å². The third kappa shape index (κ3) is 4.31. The van der Waals surface area contributed by atoms with E-state index in [0.29, 0.717) is 23.4 Å². The number of hydrogen-bond acceptors (Lipinski definition) is 6. The van der Waals surface area contributed by atoms with Crippen LogP contribution >= 0.6 is 0 Å². The Morgan fingerprint density at radius 3 is 2.66 bits per heavy atom. The molecule has 3 aromatic carbocycles. The van der Waals surface area contributed by atoms with E-state index in [-0.39, 0.29) is 11.6 Å². The maximum Gasteiger partial charge on any atom is 0.390 e. The van der Waals surface area contributed by atoms with Crippen molar-refractivity contribution in [3.05, 3.63) is 99.2 Å². The number of aryl methyl sites for hydroxylation is 1. The molecule has 4 rings (SSSR count). The molecule has 0 aliphatic carbocycles. The van der Waals surface area contributed by atoms with E-state index in [1.165, 1.54) is 17.0 Å². The molecule has 0 fully saturated rings. The number of nitrogens with one attached hydrogen (secondary N) is 1. The monoisotopic (exact) mass is 429 g/mol. The molecular formula is C23H19N5O4. The molecule has 0 saturated carbocycles. The van der Waals surface area contributed by atoms with Gasteiger partial charge in [-0.1, -0.05) is 42.5 Å². The smallest absolute Gasteiger partial charge is 0.390 e. The average molecular weight is 429 g/mol. The molecule has 2 N–H and O–H groups in total. The first-order valence-electron chi connectivity index (χ1n) is 9.74. The van der Waals surface area contributed by atoms with Crippen LogP contribution in [0.15, 0.2) is 71.8 Å². The summed E-state index contributed by atoms with van der Waals surface area (Å²) < 4.78 is 1.54. The Kier molecular flexibility index (Phi) is 5.63. The van der Waals surface area contributed by atoms with Crippen molar-refractivity contribution >= 4 is 28.7 Å². The average Bonchev–Trinajstić information content (AvgIpc) is 3.16. The molecular weight excluding hydrogens is 410 g/mol. The Balaban J connectivity index is 1.44. The fraction of sp³-hybridized carbons (Fsp3) is 0.0870. The predicted molar refractivity (Wildman–Crippen MR) is 120 cm³/mol. The number of carbonyl (C=O) groups excluding carboxylic acids is 1. The molecule has 0 atom stereocenters. The van der Waals surface area contributed by atoms with Gasteiger partial charge in [0.05, 0.1) is 29.6 Å². The standard InChI is InChI=1S/C23H19N5O4/c1-15-12-22(28(31)32)26-27(15)14-16-6-8-18(9-7-16)23(30)25-24-13-20-19-5-3-2-4-17(19)10-11-21(20)29/h2-13,29H,14H2,1H3,(H,25,30)/b24-13+. The number of aromatic hydroxyl groups is 1. The molecule has 1 aromatic heterocycles. The zero-order chi connectivity index (χ0) is 22.7. The van der Waals surface area contributed by atoms with Gasteiger partial charge in [-0.25, -0.2) is 5.43 Å². The van der Waals surface area contributed by atoms with Gasteiger partial charge in [-0.3, -0.25) is 4.79 Å². The van der Waals surface area contributed by atoms with Crippen molar-refractivity contribution in [3.63, 3.8) is 0 Å². The van der Waals surface area contributed by atoms with Gasteiger partial charge in [0.25, 0.3) is 5.91 Å². The summed E-state index contributed by atoms with van der Waals surface area (Å²) in [5.74, 6) is -0.535. The summed E-state index contributed by atoms with van der Waals surface area (Å²) in [4.78, 5) is 22.7. The Bertz CT molecular complexity index is 1340. The summed E-state index contributed by atoms with van der Waals surface area (Å²) in [7, 11) is 0. The van der Waals surface area contributed by atoms with E-state index >= 15 is 0 Å². The van der Waals surface area contributed by atoms with Crippen LogP contribution in [0.3, 0.4) is 0 Å². The SMILES string of the molecule is Cc1cc([N+](=O)[O-])nn1Cc1ccc(C(=O)N/N=C/c2c(O)ccc3ccccc23)cc1. The minimum Gasteiger partial charge on any atom is -0.507 e. The number of carbonyl (C=O) groups is 1. The number of nitrogens with zero attached hydrogens (tertiary/aromatic N) is 4. The number of nitro groups is 1. The summed E-state index contributed by atoms with van der Waals surface area (Å²) >= 11 is 0. The van der Waals surface area contributed by atoms with Gasteiger partial charge < -0.3 is 15.2 Å². The van der Waals surface area contributed by atoms with Crippen molar-refractivity contribution in [2.45, 2.75) is 13.5 Å². The second-order valence-corrected chi connectivity index (χ2v) is 7.17. The quantitative estimate of drug-likeness (QED) is 0.274. The van der Waals surface area contributed by atoms with Gasteiger partial charge in [-0.2, -0.15) is 9.78 Å². The molecule has 0 radical (unpaired) electrons. The Morgan fingerprint density at radius 2 is 1.94 bits per heavy atom. The van der Waals surface area contributed by atoms with Crippen LogP contribution in [0.1, 0.15) is 27.2 Å². The molecule has 0 spiro atoms. The Hall–Kier alpha value is -4.53. The third-order valence-electron chi connectivity index (χ3n) is 5.01. The molecule has 0 bridgehead atoms. The highest BCUT2D eigenvalue weighted by Crippen LogP contribution is 2.25. The van der Waals surface area contributed by atoms with Crippen LogP contribution in [0.25, 0.3) is 10.8 Å². The number of fused-ring (bicyclic) bond motifs is 1. The van der Waals surface area contributed by atoms with Gasteiger partial charge in [-0.05, 0) is 46.4 Å². The van der Waals surface area contributed by atoms with Gasteiger partial charge in [0.15, 0.2) is 0 Å². The second kappa shape index (κ2) is 8.68. The lowest BCUT2D eigenvalue weighted by Gasteiger charge is -2.05. The maximum absolute atomic E-state index is 12.4. The van der Waals surface area contributed by atoms with E-state index in [1.54, 1.807) is 37.3 Å². The van der Waals surface area contributed by atoms with Gasteiger partial charge in [0.1, 0.15) is 5.75 Å². The first-order valence-corrected chi connectivity index (χ1v) is 9.74. The van der Waals surface area contributed by atoms with E-state index in [4.69, 9.17) is 0 Å². The highest BCUT2D eigenvalue weighted by molar-refractivity contribution is 6.03. The fourth-order valence-corrected chi connectivity index (χ4v) is 3.32. The van der Waals surface area contributed by atoms with Gasteiger partial charge >= 0.3 is 5.82 Å². The number of benzene rings is 3. The van der Waals surface area contributed by atoms with Crippen LogP contribution in [-0.4, -0.2) is 31.9 Å². The van der Waals surface area contributed by atoms with Gasteiger partial charge in [-0.15, -0.1) is 0 Å². The lowest BCUT2D eigenvalue weighted by Crippen LogP contribution is -2.17. The highest BCUT2D eigenvalue weighted by atomic mass is 16.6. The molecule has 32 heavy (non-hydrogen) atoms. The zero-order valence-electron chi connectivity index (χ0n) is 17.1. The summed E-state index contributed by atoms with van der Waals surface area (Å²) in [6.07, 6.45) is 1.41. The first kappa shape index (κ1) is 20.7. The molecule has 0 aliphatic rings. The fourth-order valence-electron chi connectivity index (χ4n) is 3.32. The predicted octanol–water partition coefficient (Wildman–Crippen LogP) is 3.77. The number of amides is 1. The molecule has 1 heterocycles. The molecule has 9 nitrogen and oxygen atoms in total. The number of aromatic nitrogens is 2. The van der Waals surface area contributed by atoms with Crippen LogP contribution in [0.5, 0.6) is 5.75 Å². The molecule has 9 heteroatoms. The van der Waals surface area contributed by atoms with Crippen molar-refractivity contribution < 1.29 is 14.8 Å². The van der Waals surface area contributed by atoms with Crippen molar-refractivity contribution in [3.8, 4) is 5.75 Å². The van der Waals surface area contributed by atoms with Gasteiger partial charge in [0, 0.05) is 11.1 Å². The third-order valence-corrected chi connectivity index (χ3v) is 5.01. The van der Waals surface area contributed by atoms with E-state index < -0.39 is 10.8 Å². The van der Waals surface area contributed by atoms with Crippen LogP contribution in [0, 0.1) is 17.0 Å². The van der Waals surface area contributed by atoms with Crippen LogP contribution < -0.4 is 5.43 Å². The molecule has 0 saturated heterocycles. The topological polar surface area (TPSA) is 123 Å². The number of phenolic OH excluding ortho intramolecular Hbond substituents is 1. The molecule has 1 amide bonds. The van der Waals surface area contributed by atoms with Crippen molar-refractivity contribution in [2.75, 3.05) is 0 Å². The molecule has 0 aliphatic heterocycles. The summed E-state index contributed by atoms with van der Waals surface area (Å²) in [5, 5.41) is 30.7. The summed E-state index contributed by atoms with van der Waals surface area (Å²) in [6, 6.07) is 19.2. The van der Waals surface area contributed by atoms with Crippen LogP contribution in [0.2, 0.25) is 0 Å². The van der Waals surface area contributed by atoms with Crippen LogP contribution in [0.4, 0.5) is 5.82 Å². The first-order chi connectivity index (χ1) is 15.4. The van der Waals surface area contributed by atoms with Crippen molar-refractivity contribution in [1.29, 1.82) is 0 Å². The number of rotatable bonds is 6. The second-order valence-electron chi connectivity index (χ2n) is 7.17. The molecule has 160 valence electrons. The van der Waals surface area contributed by atoms with Crippen molar-refractivity contribution in [2.24, 2.45) is 5.10 Å². The minimum atomic E-state index is -0.532. The normalized spacial score (nSPS) is 11.2. The molecule has 0 unspecified atom stereocenters. The number of hydrogen-bond donors (Lipinski definition) is 2. The highest BCUT2D eigenvalue weighted by Gasteiger charge is 2.15. The summed E-state index contributed by atoms with van der Waals surface area (Å²) in [5.41, 5.74) is 4.89. The Morgan fingerprint density at radius 1 is 1.19 bits per heavy atom. The lowest BCUT2D eigenvalue weighted by molar-refractivity contribution is -0.389. The van der Waals surface area contributed by atoms with E-state index in [0.717, 1.165) is 16.3 Å². The number of phenols is 1. The maximum atomic E-state index is 12.4. The zero-order valence-corrected chi connectivity index (χ0v) is 17.1. The van der Waals surface area contributed by atoms with E-state index in [2.05, 4.69) is 15.6 Å². The Labute approximate surface area is 182 Å². The lowest BCUT2D eigenvalue weighted by atomic mass is 10.0. The molecule has 4 aromatic rings. The largest absolute Gasteiger partial charge is 0.507 e. The summed E-state index contributed by atoms with van der Waals surface area (Å²) in [6.45, 7) is 2.09. The minimum absolute atomic E-state index is 0.0696. The van der Waals surface area contributed by atoms with E-state index in [1.807, 2.05) is 30.3 Å².